The third-order valence-corrected chi connectivity index (χ3v) is 3.23. The fourth-order valence-corrected chi connectivity index (χ4v) is 2.02. The molecule has 3 aromatic rings. The minimum Gasteiger partial charge on any atom is -0.421 e. The SMILES string of the molecule is Cc1ccc(NC(=O)c2ccc(-c3nnc(C)o3)cc2)cc1. The van der Waals surface area contributed by atoms with Crippen LogP contribution in [-0.4, -0.2) is 16.1 Å². The standard InChI is InChI=1S/C17H15N3O2/c1-11-3-9-15(10-4-11)18-16(21)13-5-7-14(8-6-13)17-20-19-12(2)22-17/h3-10H,1-2H3,(H,18,21). The molecule has 0 aliphatic rings. The van der Waals surface area contributed by atoms with E-state index < -0.39 is 0 Å². The maximum atomic E-state index is 12.2. The third kappa shape index (κ3) is 3.03. The van der Waals surface area contributed by atoms with Crippen LogP contribution in [0.4, 0.5) is 5.69 Å². The summed E-state index contributed by atoms with van der Waals surface area (Å²) in [5.41, 5.74) is 3.28. The van der Waals surface area contributed by atoms with Gasteiger partial charge in [0.2, 0.25) is 11.8 Å². The Morgan fingerprint density at radius 1 is 0.955 bits per heavy atom. The molecule has 0 bridgehead atoms. The van der Waals surface area contributed by atoms with E-state index in [9.17, 15) is 4.79 Å². The molecule has 0 aliphatic carbocycles. The summed E-state index contributed by atoms with van der Waals surface area (Å²) >= 11 is 0. The van der Waals surface area contributed by atoms with Crippen LogP contribution in [0.2, 0.25) is 0 Å². The van der Waals surface area contributed by atoms with Crippen molar-refractivity contribution in [3.8, 4) is 11.5 Å². The predicted octanol–water partition coefficient (Wildman–Crippen LogP) is 3.61. The molecule has 1 N–H and O–H groups in total. The molecule has 0 fully saturated rings. The number of amides is 1. The van der Waals surface area contributed by atoms with Crippen LogP contribution >= 0.6 is 0 Å². The monoisotopic (exact) mass is 293 g/mol. The van der Waals surface area contributed by atoms with E-state index in [-0.39, 0.29) is 5.91 Å². The number of carbonyl (C=O) groups is 1. The van der Waals surface area contributed by atoms with Crippen LogP contribution in [-0.2, 0) is 0 Å². The van der Waals surface area contributed by atoms with Gasteiger partial charge < -0.3 is 9.73 Å². The molecule has 5 nitrogen and oxygen atoms in total. The molecule has 1 aromatic heterocycles. The summed E-state index contributed by atoms with van der Waals surface area (Å²) in [6, 6.07) is 14.7. The molecule has 1 heterocycles. The highest BCUT2D eigenvalue weighted by atomic mass is 16.4. The van der Waals surface area contributed by atoms with E-state index in [1.807, 2.05) is 31.2 Å². The third-order valence-electron chi connectivity index (χ3n) is 3.23. The molecule has 22 heavy (non-hydrogen) atoms. The van der Waals surface area contributed by atoms with Crippen molar-refractivity contribution in [2.75, 3.05) is 5.32 Å². The molecule has 110 valence electrons. The van der Waals surface area contributed by atoms with Crippen LogP contribution in [0, 0.1) is 13.8 Å². The average Bonchev–Trinajstić information content (AvgIpc) is 2.96. The van der Waals surface area contributed by atoms with Crippen molar-refractivity contribution >= 4 is 11.6 Å². The Morgan fingerprint density at radius 2 is 1.64 bits per heavy atom. The van der Waals surface area contributed by atoms with E-state index in [0.717, 1.165) is 16.8 Å². The summed E-state index contributed by atoms with van der Waals surface area (Å²) in [5, 5.41) is 10.6. The van der Waals surface area contributed by atoms with Gasteiger partial charge in [-0.1, -0.05) is 17.7 Å². The van der Waals surface area contributed by atoms with Crippen molar-refractivity contribution in [1.29, 1.82) is 0 Å². The zero-order chi connectivity index (χ0) is 15.5. The van der Waals surface area contributed by atoms with E-state index in [4.69, 9.17) is 4.42 Å². The maximum Gasteiger partial charge on any atom is 0.255 e. The van der Waals surface area contributed by atoms with Gasteiger partial charge in [-0.15, -0.1) is 10.2 Å². The molecule has 0 saturated carbocycles. The summed E-state index contributed by atoms with van der Waals surface area (Å²) in [5.74, 6) is 0.802. The molecule has 0 spiro atoms. The summed E-state index contributed by atoms with van der Waals surface area (Å²) in [6.45, 7) is 3.74. The fraction of sp³-hybridized carbons (Fsp3) is 0.118. The van der Waals surface area contributed by atoms with Crippen LogP contribution < -0.4 is 5.32 Å². The van der Waals surface area contributed by atoms with Gasteiger partial charge in [0.1, 0.15) is 0 Å². The van der Waals surface area contributed by atoms with E-state index in [1.165, 1.54) is 0 Å². The number of benzene rings is 2. The highest BCUT2D eigenvalue weighted by Gasteiger charge is 2.09. The van der Waals surface area contributed by atoms with Gasteiger partial charge in [0.05, 0.1) is 0 Å². The van der Waals surface area contributed by atoms with E-state index in [1.54, 1.807) is 31.2 Å². The number of carbonyl (C=O) groups excluding carboxylic acids is 1. The van der Waals surface area contributed by atoms with Gasteiger partial charge >= 0.3 is 0 Å². The molecule has 1 amide bonds. The molecule has 0 radical (unpaired) electrons. The van der Waals surface area contributed by atoms with Crippen molar-refractivity contribution in [2.45, 2.75) is 13.8 Å². The predicted molar refractivity (Wildman–Crippen MR) is 83.6 cm³/mol. The Labute approximate surface area is 128 Å². The molecule has 0 aliphatic heterocycles. The Balaban J connectivity index is 1.74. The first-order chi connectivity index (χ1) is 10.6. The van der Waals surface area contributed by atoms with Crippen molar-refractivity contribution < 1.29 is 9.21 Å². The van der Waals surface area contributed by atoms with Gasteiger partial charge in [-0.25, -0.2) is 0 Å². The van der Waals surface area contributed by atoms with Gasteiger partial charge in [-0.05, 0) is 43.3 Å². The minimum absolute atomic E-state index is 0.155. The summed E-state index contributed by atoms with van der Waals surface area (Å²) < 4.78 is 5.35. The van der Waals surface area contributed by atoms with Crippen molar-refractivity contribution in [3.05, 3.63) is 65.5 Å². The summed E-state index contributed by atoms with van der Waals surface area (Å²) in [7, 11) is 0. The maximum absolute atomic E-state index is 12.2. The average molecular weight is 293 g/mol. The lowest BCUT2D eigenvalue weighted by Crippen LogP contribution is -2.11. The van der Waals surface area contributed by atoms with Gasteiger partial charge in [0, 0.05) is 23.7 Å². The molecule has 0 saturated heterocycles. The van der Waals surface area contributed by atoms with Crippen LogP contribution in [0.15, 0.2) is 52.9 Å². The quantitative estimate of drug-likeness (QED) is 0.801. The second-order valence-electron chi connectivity index (χ2n) is 5.02. The normalized spacial score (nSPS) is 10.5. The zero-order valence-corrected chi connectivity index (χ0v) is 12.3. The van der Waals surface area contributed by atoms with Crippen LogP contribution in [0.3, 0.4) is 0 Å². The largest absolute Gasteiger partial charge is 0.421 e. The van der Waals surface area contributed by atoms with Crippen LogP contribution in [0.1, 0.15) is 21.8 Å². The smallest absolute Gasteiger partial charge is 0.255 e. The molecule has 0 atom stereocenters. The fourth-order valence-electron chi connectivity index (χ4n) is 2.02. The molecule has 5 heteroatoms. The first-order valence-electron chi connectivity index (χ1n) is 6.90. The highest BCUT2D eigenvalue weighted by molar-refractivity contribution is 6.04. The Morgan fingerprint density at radius 3 is 2.23 bits per heavy atom. The van der Waals surface area contributed by atoms with Gasteiger partial charge in [0.15, 0.2) is 0 Å². The lowest BCUT2D eigenvalue weighted by atomic mass is 10.1. The molecule has 2 aromatic carbocycles. The second kappa shape index (κ2) is 5.81. The lowest BCUT2D eigenvalue weighted by Gasteiger charge is -2.06. The molecule has 3 rings (SSSR count). The minimum atomic E-state index is -0.155. The van der Waals surface area contributed by atoms with E-state index in [2.05, 4.69) is 15.5 Å². The zero-order valence-electron chi connectivity index (χ0n) is 12.3. The van der Waals surface area contributed by atoms with Gasteiger partial charge in [-0.2, -0.15) is 0 Å². The van der Waals surface area contributed by atoms with Crippen molar-refractivity contribution in [3.63, 3.8) is 0 Å². The van der Waals surface area contributed by atoms with E-state index in [0.29, 0.717) is 17.3 Å². The molecular formula is C17H15N3O2. The number of hydrogen-bond donors (Lipinski definition) is 1. The number of hydrogen-bond acceptors (Lipinski definition) is 4. The molecule has 0 unspecified atom stereocenters. The first-order valence-corrected chi connectivity index (χ1v) is 6.90. The van der Waals surface area contributed by atoms with E-state index >= 15 is 0 Å². The van der Waals surface area contributed by atoms with Crippen molar-refractivity contribution in [1.82, 2.24) is 10.2 Å². The summed E-state index contributed by atoms with van der Waals surface area (Å²) in [6.07, 6.45) is 0. The lowest BCUT2D eigenvalue weighted by molar-refractivity contribution is 0.102. The number of nitrogens with one attached hydrogen (secondary N) is 1. The van der Waals surface area contributed by atoms with Crippen LogP contribution in [0.5, 0.6) is 0 Å². The molecular weight excluding hydrogens is 278 g/mol. The van der Waals surface area contributed by atoms with Crippen LogP contribution in [0.25, 0.3) is 11.5 Å². The summed E-state index contributed by atoms with van der Waals surface area (Å²) in [4.78, 5) is 12.2. The number of aromatic nitrogens is 2. The highest BCUT2D eigenvalue weighted by Crippen LogP contribution is 2.19. The number of anilines is 1. The Hall–Kier alpha value is -2.95. The Kier molecular flexibility index (Phi) is 3.70. The van der Waals surface area contributed by atoms with Gasteiger partial charge in [-0.3, -0.25) is 4.79 Å². The van der Waals surface area contributed by atoms with Gasteiger partial charge in [0.25, 0.3) is 5.91 Å². The van der Waals surface area contributed by atoms with Crippen molar-refractivity contribution in [2.24, 2.45) is 0 Å². The topological polar surface area (TPSA) is 68.0 Å². The Bertz CT molecular complexity index is 790. The second-order valence-corrected chi connectivity index (χ2v) is 5.02. The number of nitrogens with zero attached hydrogens (tertiary/aromatic N) is 2. The number of aryl methyl sites for hydroxylation is 2. The first kappa shape index (κ1) is 14.0. The number of rotatable bonds is 3.